The number of carbonyl (C=O) groups is 1. The molecule has 0 radical (unpaired) electrons. The number of nitrogens with one attached hydrogen (secondary N) is 1. The minimum absolute atomic E-state index is 0.0531. The summed E-state index contributed by atoms with van der Waals surface area (Å²) in [5.74, 6) is 1.55. The molecule has 15 heteroatoms. The van der Waals surface area contributed by atoms with E-state index in [0.717, 1.165) is 36.6 Å². The molecule has 252 valence electrons. The third-order valence-corrected chi connectivity index (χ3v) is 8.19. The van der Waals surface area contributed by atoms with Gasteiger partial charge in [0, 0.05) is 49.7 Å². The summed E-state index contributed by atoms with van der Waals surface area (Å²) in [7, 11) is 1.71. The predicted molar refractivity (Wildman–Crippen MR) is 174 cm³/mol. The first-order chi connectivity index (χ1) is 23.0. The second-order valence-corrected chi connectivity index (χ2v) is 11.5. The van der Waals surface area contributed by atoms with Crippen LogP contribution >= 0.6 is 0 Å². The van der Waals surface area contributed by atoms with Crippen molar-refractivity contribution in [1.82, 2.24) is 29.7 Å². The Morgan fingerprint density at radius 3 is 2.67 bits per heavy atom. The van der Waals surface area contributed by atoms with Crippen molar-refractivity contribution in [3.63, 3.8) is 0 Å². The van der Waals surface area contributed by atoms with Gasteiger partial charge in [-0.05, 0) is 70.4 Å². The number of nitriles is 1. The zero-order valence-electron chi connectivity index (χ0n) is 27.3. The molecule has 1 amide bonds. The number of alkyl halides is 3. The molecular formula is C33H37F3N10O2. The molecule has 1 aromatic carbocycles. The van der Waals surface area contributed by atoms with Crippen molar-refractivity contribution in [2.24, 2.45) is 0 Å². The minimum Gasteiger partial charge on any atom is -0.379 e. The molecule has 0 saturated carbocycles. The van der Waals surface area contributed by atoms with Gasteiger partial charge in [0.2, 0.25) is 5.91 Å². The normalized spacial score (nSPS) is 13.5. The number of likely N-dealkylation sites (N-methyl/N-ethyl adjacent to an activating group) is 2. The maximum Gasteiger partial charge on any atom is 0.417 e. The molecular weight excluding hydrogens is 625 g/mol. The Hall–Kier alpha value is -5.10. The van der Waals surface area contributed by atoms with Crippen molar-refractivity contribution in [3.8, 4) is 28.8 Å². The highest BCUT2D eigenvalue weighted by molar-refractivity contribution is 6.00. The molecule has 0 aliphatic carbocycles. The number of fused-ring (bicyclic) bond motifs is 1. The molecule has 1 aliphatic heterocycles. The highest BCUT2D eigenvalue weighted by atomic mass is 19.4. The van der Waals surface area contributed by atoms with Gasteiger partial charge in [0.15, 0.2) is 17.5 Å². The first-order valence-electron chi connectivity index (χ1n) is 15.7. The lowest BCUT2D eigenvalue weighted by Gasteiger charge is -2.27. The van der Waals surface area contributed by atoms with Crippen molar-refractivity contribution in [3.05, 3.63) is 59.7 Å². The average Bonchev–Trinajstić information content (AvgIpc) is 3.55. The summed E-state index contributed by atoms with van der Waals surface area (Å²) in [5.41, 5.74) is 1.83. The average molecular weight is 663 g/mol. The van der Waals surface area contributed by atoms with Crippen LogP contribution in [0.25, 0.3) is 22.8 Å². The number of nitrogens with zero attached hydrogens (tertiary/aromatic N) is 9. The van der Waals surface area contributed by atoms with Gasteiger partial charge in [0.1, 0.15) is 12.0 Å². The highest BCUT2D eigenvalue weighted by Crippen LogP contribution is 2.35. The summed E-state index contributed by atoms with van der Waals surface area (Å²) < 4.78 is 47.6. The number of halogens is 3. The number of pyridine rings is 1. The van der Waals surface area contributed by atoms with Gasteiger partial charge in [-0.1, -0.05) is 0 Å². The van der Waals surface area contributed by atoms with Crippen LogP contribution in [0.5, 0.6) is 0 Å². The Kier molecular flexibility index (Phi) is 10.5. The van der Waals surface area contributed by atoms with Crippen LogP contribution in [0.1, 0.15) is 49.9 Å². The number of carbonyl (C=O) groups excluding carboxylic acids is 1. The lowest BCUT2D eigenvalue weighted by molar-refractivity contribution is -0.137. The summed E-state index contributed by atoms with van der Waals surface area (Å²) >= 11 is 0. The van der Waals surface area contributed by atoms with E-state index in [1.165, 1.54) is 12.1 Å². The zero-order chi connectivity index (χ0) is 34.4. The van der Waals surface area contributed by atoms with Crippen molar-refractivity contribution < 1.29 is 22.7 Å². The molecule has 0 unspecified atom stereocenters. The molecule has 4 heterocycles. The minimum atomic E-state index is -4.60. The summed E-state index contributed by atoms with van der Waals surface area (Å²) in [4.78, 5) is 33.9. The fourth-order valence-electron chi connectivity index (χ4n) is 5.36. The number of aryl methyl sites for hydroxylation is 2. The van der Waals surface area contributed by atoms with E-state index in [1.54, 1.807) is 40.1 Å². The number of hydrogen-bond donors (Lipinski definition) is 1. The Labute approximate surface area is 276 Å². The predicted octanol–water partition coefficient (Wildman–Crippen LogP) is 5.49. The van der Waals surface area contributed by atoms with Gasteiger partial charge in [-0.25, -0.2) is 19.9 Å². The monoisotopic (exact) mass is 662 g/mol. The lowest BCUT2D eigenvalue weighted by atomic mass is 10.1. The van der Waals surface area contributed by atoms with Crippen LogP contribution in [-0.2, 0) is 22.3 Å². The van der Waals surface area contributed by atoms with Crippen molar-refractivity contribution in [2.75, 3.05) is 48.5 Å². The fourth-order valence-corrected chi connectivity index (χ4v) is 5.36. The number of hydrogen-bond acceptors (Lipinski definition) is 10. The lowest BCUT2D eigenvalue weighted by Crippen LogP contribution is -2.40. The third-order valence-electron chi connectivity index (χ3n) is 8.19. The van der Waals surface area contributed by atoms with E-state index in [-0.39, 0.29) is 18.5 Å². The smallest absolute Gasteiger partial charge is 0.379 e. The van der Waals surface area contributed by atoms with Crippen LogP contribution in [0.15, 0.2) is 42.9 Å². The number of unbranched alkanes of at least 4 members (excludes halogenated alkanes) is 2. The summed E-state index contributed by atoms with van der Waals surface area (Å²) in [6.07, 6.45) is 1.33. The summed E-state index contributed by atoms with van der Waals surface area (Å²) in [6.45, 7) is 7.91. The molecule has 0 saturated heterocycles. The molecule has 5 rings (SSSR count). The molecule has 0 bridgehead atoms. The molecule has 1 aliphatic rings. The first kappa shape index (κ1) is 34.2. The topological polar surface area (TPSA) is 138 Å². The van der Waals surface area contributed by atoms with Gasteiger partial charge >= 0.3 is 6.18 Å². The maximum absolute atomic E-state index is 13.3. The molecule has 1 N–H and O–H groups in total. The second kappa shape index (κ2) is 14.8. The van der Waals surface area contributed by atoms with Gasteiger partial charge < -0.3 is 15.0 Å². The number of rotatable bonds is 13. The molecule has 1 atom stereocenters. The summed E-state index contributed by atoms with van der Waals surface area (Å²) in [5, 5.41) is 16.6. The van der Waals surface area contributed by atoms with E-state index in [9.17, 15) is 18.0 Å². The second-order valence-electron chi connectivity index (χ2n) is 11.5. The van der Waals surface area contributed by atoms with Gasteiger partial charge in [-0.15, -0.1) is 5.10 Å². The number of aromatic nitrogens is 6. The fraction of sp³-hybridized carbons (Fsp3) is 0.424. The van der Waals surface area contributed by atoms with E-state index in [4.69, 9.17) is 20.0 Å². The van der Waals surface area contributed by atoms with Gasteiger partial charge in [-0.3, -0.25) is 14.4 Å². The van der Waals surface area contributed by atoms with E-state index in [2.05, 4.69) is 20.4 Å². The number of amides is 1. The van der Waals surface area contributed by atoms with Crippen molar-refractivity contribution in [1.29, 1.82) is 5.26 Å². The quantitative estimate of drug-likeness (QED) is 0.183. The van der Waals surface area contributed by atoms with E-state index in [1.807, 2.05) is 32.9 Å². The summed E-state index contributed by atoms with van der Waals surface area (Å²) in [6, 6.07) is 8.91. The van der Waals surface area contributed by atoms with Crippen LogP contribution in [0, 0.1) is 18.3 Å². The Morgan fingerprint density at radius 1 is 1.12 bits per heavy atom. The molecule has 4 aromatic rings. The number of ether oxygens (including phenoxy) is 1. The maximum atomic E-state index is 13.3. The zero-order valence-corrected chi connectivity index (χ0v) is 27.3. The first-order valence-corrected chi connectivity index (χ1v) is 15.7. The molecule has 12 nitrogen and oxygen atoms in total. The molecule has 0 spiro atoms. The van der Waals surface area contributed by atoms with E-state index in [0.29, 0.717) is 60.8 Å². The Bertz CT molecular complexity index is 1800. The largest absolute Gasteiger partial charge is 0.417 e. The Morgan fingerprint density at radius 2 is 1.94 bits per heavy atom. The van der Waals surface area contributed by atoms with Crippen molar-refractivity contribution in [2.45, 2.75) is 58.8 Å². The van der Waals surface area contributed by atoms with Gasteiger partial charge in [0.25, 0.3) is 0 Å². The molecule has 3 aromatic heterocycles. The third kappa shape index (κ3) is 7.71. The molecule has 48 heavy (non-hydrogen) atoms. The van der Waals surface area contributed by atoms with E-state index >= 15 is 0 Å². The van der Waals surface area contributed by atoms with Crippen LogP contribution in [0.4, 0.5) is 30.5 Å². The van der Waals surface area contributed by atoms with Crippen molar-refractivity contribution >= 4 is 23.2 Å². The number of anilines is 3. The van der Waals surface area contributed by atoms with Gasteiger partial charge in [-0.2, -0.15) is 18.4 Å². The van der Waals surface area contributed by atoms with Crippen LogP contribution in [-0.4, -0.2) is 75.0 Å². The standard InChI is InChI=1S/C33H37F3N10O2/c1-5-46-29(47)18-39-31-32(46)42-28(17-38-31)25-11-12-27(41-22(25)3)30-40-20-45(43-30)13-7-6-8-14-48-19-21(2)44(4)24-10-9-23(16-37)26(15-24)33(34,35)36/h9-12,15,17,20-21H,5-8,13-14,18-19H2,1-4H3,(H,38,39)/t21-/m1/s1. The SMILES string of the molecule is CCN1C(=O)CNc2ncc(-c3ccc(-c4ncn(CCCCCOC[C@@H](C)N(C)c5ccc(C#N)c(C(F)(F)F)c5)n4)nc3C)nc21. The van der Waals surface area contributed by atoms with E-state index < -0.39 is 17.3 Å². The Balaban J connectivity index is 1.07. The molecule has 0 fully saturated rings. The van der Waals surface area contributed by atoms with Gasteiger partial charge in [0.05, 0.1) is 42.2 Å². The van der Waals surface area contributed by atoms with Crippen LogP contribution in [0.3, 0.4) is 0 Å². The number of benzene rings is 1. The van der Waals surface area contributed by atoms with Crippen LogP contribution < -0.4 is 15.1 Å². The van der Waals surface area contributed by atoms with Crippen LogP contribution in [0.2, 0.25) is 0 Å². The highest BCUT2D eigenvalue weighted by Gasteiger charge is 2.34.